The van der Waals surface area contributed by atoms with Crippen LogP contribution in [0.3, 0.4) is 0 Å². The summed E-state index contributed by atoms with van der Waals surface area (Å²) in [6.45, 7) is -0.229. The first-order valence-electron chi connectivity index (χ1n) is 13.7. The van der Waals surface area contributed by atoms with Gasteiger partial charge in [0, 0.05) is 29.3 Å². The van der Waals surface area contributed by atoms with Crippen LogP contribution in [0.2, 0.25) is 0 Å². The highest BCUT2D eigenvalue weighted by atomic mass is 19.4. The maximum atomic E-state index is 14.1. The molecule has 0 spiro atoms. The standard InChI is InChI=1S/C30H33F3N2O5/c31-30(32,33)19-13-11-18(12-14-19)29(39)35(20-7-3-1-2-4-8-20)23-17-22(28(38)34-15-16-36)25-21-9-5-6-10-24(21)40-27(25)26(23)37/h5-6,9-14,17,20,23,25-27,36-37H,1-4,7-8,15-16H2,(H,34,38). The van der Waals surface area contributed by atoms with Crippen molar-refractivity contribution in [2.75, 3.05) is 13.2 Å². The Labute approximate surface area is 230 Å². The molecule has 5 rings (SSSR count). The Hall–Kier alpha value is -3.37. The molecule has 3 aliphatic rings. The number of ether oxygens (including phenoxy) is 1. The molecule has 1 fully saturated rings. The average Bonchev–Trinajstić information content (AvgIpc) is 3.13. The van der Waals surface area contributed by atoms with Gasteiger partial charge in [-0.25, -0.2) is 0 Å². The fraction of sp³-hybridized carbons (Fsp3) is 0.467. The van der Waals surface area contributed by atoms with Gasteiger partial charge in [0.05, 0.1) is 24.1 Å². The van der Waals surface area contributed by atoms with Gasteiger partial charge in [-0.1, -0.05) is 43.9 Å². The van der Waals surface area contributed by atoms with Gasteiger partial charge in [0.1, 0.15) is 18.0 Å². The second-order valence-electron chi connectivity index (χ2n) is 10.6. The maximum Gasteiger partial charge on any atom is 0.416 e. The smallest absolute Gasteiger partial charge is 0.416 e. The molecular formula is C30H33F3N2O5. The van der Waals surface area contributed by atoms with Crippen molar-refractivity contribution in [2.45, 2.75) is 74.9 Å². The van der Waals surface area contributed by atoms with Crippen LogP contribution >= 0.6 is 0 Å². The predicted octanol–water partition coefficient (Wildman–Crippen LogP) is 4.19. The lowest BCUT2D eigenvalue weighted by molar-refractivity contribution is -0.137. The minimum atomic E-state index is -4.54. The number of halogens is 3. The van der Waals surface area contributed by atoms with Crippen molar-refractivity contribution in [3.8, 4) is 5.75 Å². The molecule has 2 amide bonds. The van der Waals surface area contributed by atoms with Crippen molar-refractivity contribution in [3.05, 3.63) is 76.9 Å². The van der Waals surface area contributed by atoms with Gasteiger partial charge in [-0.05, 0) is 49.2 Å². The first-order chi connectivity index (χ1) is 19.2. The molecule has 2 aromatic carbocycles. The van der Waals surface area contributed by atoms with Crippen LogP contribution in [0.1, 0.15) is 65.9 Å². The molecule has 1 saturated carbocycles. The lowest BCUT2D eigenvalue weighted by atomic mass is 9.77. The van der Waals surface area contributed by atoms with Crippen molar-refractivity contribution in [1.29, 1.82) is 0 Å². The highest BCUT2D eigenvalue weighted by molar-refractivity contribution is 5.97. The Bertz CT molecular complexity index is 1250. The van der Waals surface area contributed by atoms with E-state index in [9.17, 15) is 33.0 Å². The summed E-state index contributed by atoms with van der Waals surface area (Å²) in [6.07, 6.45) is 0.0963. The number of aliphatic hydroxyl groups is 2. The Morgan fingerprint density at radius 1 is 1.00 bits per heavy atom. The van der Waals surface area contributed by atoms with E-state index in [1.54, 1.807) is 23.1 Å². The number of alkyl halides is 3. The number of nitrogens with one attached hydrogen (secondary N) is 1. The SMILES string of the molecule is O=C(NCCO)C1=CC(N(C(=O)c2ccc(C(F)(F)F)cc2)C2CCCCCC2)C(O)C2Oc3ccccc3C12. The van der Waals surface area contributed by atoms with Crippen LogP contribution in [0.15, 0.2) is 60.2 Å². The second kappa shape index (κ2) is 11.6. The normalized spacial score (nSPS) is 24.7. The summed E-state index contributed by atoms with van der Waals surface area (Å²) in [4.78, 5) is 29.0. The minimum absolute atomic E-state index is 0.0279. The topological polar surface area (TPSA) is 99.1 Å². The first-order valence-corrected chi connectivity index (χ1v) is 13.7. The van der Waals surface area contributed by atoms with E-state index in [0.29, 0.717) is 24.2 Å². The number of carbonyl (C=O) groups excluding carboxylic acids is 2. The molecule has 0 bridgehead atoms. The van der Waals surface area contributed by atoms with E-state index < -0.39 is 47.7 Å². The fourth-order valence-electron chi connectivity index (χ4n) is 6.19. The van der Waals surface area contributed by atoms with Crippen LogP contribution in [0.4, 0.5) is 13.2 Å². The van der Waals surface area contributed by atoms with E-state index in [1.807, 2.05) is 12.1 Å². The molecule has 2 aliphatic carbocycles. The summed E-state index contributed by atoms with van der Waals surface area (Å²) in [5, 5.41) is 23.7. The number of para-hydroxylation sites is 1. The molecule has 3 N–H and O–H groups in total. The van der Waals surface area contributed by atoms with Crippen molar-refractivity contribution in [1.82, 2.24) is 10.2 Å². The third kappa shape index (κ3) is 5.47. The van der Waals surface area contributed by atoms with Gasteiger partial charge >= 0.3 is 6.18 Å². The third-order valence-electron chi connectivity index (χ3n) is 8.11. The summed E-state index contributed by atoms with van der Waals surface area (Å²) in [6, 6.07) is 10.0. The minimum Gasteiger partial charge on any atom is -0.486 e. The Balaban J connectivity index is 1.57. The molecule has 7 nitrogen and oxygen atoms in total. The molecular weight excluding hydrogens is 525 g/mol. The first kappa shape index (κ1) is 28.2. The summed E-state index contributed by atoms with van der Waals surface area (Å²) < 4.78 is 45.8. The van der Waals surface area contributed by atoms with Crippen molar-refractivity contribution >= 4 is 11.8 Å². The van der Waals surface area contributed by atoms with E-state index >= 15 is 0 Å². The molecule has 0 aromatic heterocycles. The summed E-state index contributed by atoms with van der Waals surface area (Å²) >= 11 is 0. The number of nitrogens with zero attached hydrogens (tertiary/aromatic N) is 1. The average molecular weight is 559 g/mol. The van der Waals surface area contributed by atoms with Gasteiger partial charge in [0.2, 0.25) is 5.91 Å². The van der Waals surface area contributed by atoms with E-state index in [1.165, 1.54) is 0 Å². The van der Waals surface area contributed by atoms with Crippen LogP contribution < -0.4 is 10.1 Å². The highest BCUT2D eigenvalue weighted by Crippen LogP contribution is 2.47. The Morgan fingerprint density at radius 3 is 2.33 bits per heavy atom. The molecule has 1 heterocycles. The number of hydrogen-bond acceptors (Lipinski definition) is 5. The zero-order chi connectivity index (χ0) is 28.4. The molecule has 0 radical (unpaired) electrons. The van der Waals surface area contributed by atoms with Crippen LogP contribution in [-0.4, -0.2) is 64.4 Å². The molecule has 10 heteroatoms. The molecule has 4 atom stereocenters. The monoisotopic (exact) mass is 558 g/mol. The zero-order valence-corrected chi connectivity index (χ0v) is 21.9. The van der Waals surface area contributed by atoms with Gasteiger partial charge in [-0.15, -0.1) is 0 Å². The van der Waals surface area contributed by atoms with Gasteiger partial charge in [-0.3, -0.25) is 9.59 Å². The van der Waals surface area contributed by atoms with E-state index in [-0.39, 0.29) is 24.8 Å². The largest absolute Gasteiger partial charge is 0.486 e. The highest BCUT2D eigenvalue weighted by Gasteiger charge is 2.51. The van der Waals surface area contributed by atoms with Crippen LogP contribution in [0.25, 0.3) is 0 Å². The van der Waals surface area contributed by atoms with Crippen molar-refractivity contribution in [2.24, 2.45) is 0 Å². The lowest BCUT2D eigenvalue weighted by Crippen LogP contribution is -2.58. The summed E-state index contributed by atoms with van der Waals surface area (Å²) in [5.41, 5.74) is 0.273. The van der Waals surface area contributed by atoms with Gasteiger partial charge in [-0.2, -0.15) is 13.2 Å². The Kier molecular flexibility index (Phi) is 8.19. The van der Waals surface area contributed by atoms with E-state index in [2.05, 4.69) is 5.32 Å². The number of amides is 2. The number of aliphatic hydroxyl groups excluding tert-OH is 2. The predicted molar refractivity (Wildman–Crippen MR) is 141 cm³/mol. The van der Waals surface area contributed by atoms with Crippen molar-refractivity contribution in [3.63, 3.8) is 0 Å². The molecule has 1 aliphatic heterocycles. The summed E-state index contributed by atoms with van der Waals surface area (Å²) in [5.74, 6) is -1.000. The third-order valence-corrected chi connectivity index (χ3v) is 8.11. The number of fused-ring (bicyclic) bond motifs is 3. The molecule has 214 valence electrons. The number of carbonyl (C=O) groups is 2. The molecule has 4 unspecified atom stereocenters. The molecule has 40 heavy (non-hydrogen) atoms. The van der Waals surface area contributed by atoms with Crippen molar-refractivity contribution < 1.29 is 37.7 Å². The Morgan fingerprint density at radius 2 is 1.68 bits per heavy atom. The van der Waals surface area contributed by atoms with Crippen LogP contribution in [0.5, 0.6) is 5.75 Å². The van der Waals surface area contributed by atoms with E-state index in [4.69, 9.17) is 4.74 Å². The van der Waals surface area contributed by atoms with Crippen LogP contribution in [-0.2, 0) is 11.0 Å². The lowest BCUT2D eigenvalue weighted by Gasteiger charge is -2.44. The van der Waals surface area contributed by atoms with E-state index in [0.717, 1.165) is 55.5 Å². The fourth-order valence-corrected chi connectivity index (χ4v) is 6.19. The number of rotatable bonds is 6. The van der Waals surface area contributed by atoms with Gasteiger partial charge < -0.3 is 25.2 Å². The molecule has 0 saturated heterocycles. The second-order valence-corrected chi connectivity index (χ2v) is 10.6. The number of hydrogen-bond donors (Lipinski definition) is 3. The maximum absolute atomic E-state index is 14.1. The summed E-state index contributed by atoms with van der Waals surface area (Å²) in [7, 11) is 0. The molecule has 2 aromatic rings. The van der Waals surface area contributed by atoms with Crippen LogP contribution in [0, 0.1) is 0 Å². The zero-order valence-electron chi connectivity index (χ0n) is 21.9. The number of benzene rings is 2. The quantitative estimate of drug-likeness (QED) is 0.462. The van der Waals surface area contributed by atoms with Gasteiger partial charge in [0.25, 0.3) is 5.91 Å². The van der Waals surface area contributed by atoms with Gasteiger partial charge in [0.15, 0.2) is 0 Å².